The number of piperidine rings is 1. The maximum absolute atomic E-state index is 13.4. The largest absolute Gasteiger partial charge is 0.498 e. The van der Waals surface area contributed by atoms with Crippen molar-refractivity contribution in [2.24, 2.45) is 5.92 Å². The molecule has 10 nitrogen and oxygen atoms in total. The zero-order valence-electron chi connectivity index (χ0n) is 25.7. The van der Waals surface area contributed by atoms with Crippen molar-refractivity contribution >= 4 is 30.5 Å². The van der Waals surface area contributed by atoms with Gasteiger partial charge < -0.3 is 29.2 Å². The summed E-state index contributed by atoms with van der Waals surface area (Å²) in [4.78, 5) is 39.2. The van der Waals surface area contributed by atoms with E-state index in [0.717, 1.165) is 18.3 Å². The third-order valence-corrected chi connectivity index (χ3v) is 7.75. The summed E-state index contributed by atoms with van der Waals surface area (Å²) in [6, 6.07) is -0.270. The van der Waals surface area contributed by atoms with Crippen LogP contribution in [0.5, 0.6) is 0 Å². The number of amides is 2. The lowest BCUT2D eigenvalue weighted by atomic mass is 9.81. The van der Waals surface area contributed by atoms with Crippen LogP contribution in [0.4, 0.5) is 10.7 Å². The minimum absolute atomic E-state index is 0.0641. The van der Waals surface area contributed by atoms with Crippen molar-refractivity contribution < 1.29 is 23.6 Å². The molecular weight excluding hydrogens is 497 g/mol. The molecular formula is C28H48BN5O5. The Hall–Kier alpha value is -2.40. The molecule has 0 spiro atoms. The van der Waals surface area contributed by atoms with Crippen molar-refractivity contribution in [2.75, 3.05) is 18.0 Å². The number of carbonyl (C=O) groups is 2. The van der Waals surface area contributed by atoms with Gasteiger partial charge in [-0.2, -0.15) is 0 Å². The Morgan fingerprint density at radius 3 is 2.00 bits per heavy atom. The van der Waals surface area contributed by atoms with E-state index < -0.39 is 36.1 Å². The smallest absolute Gasteiger partial charge is 0.444 e. The van der Waals surface area contributed by atoms with E-state index in [-0.39, 0.29) is 23.9 Å². The van der Waals surface area contributed by atoms with Gasteiger partial charge in [0.15, 0.2) is 0 Å². The van der Waals surface area contributed by atoms with Crippen LogP contribution in [0.15, 0.2) is 12.4 Å². The number of hydrogen-bond acceptors (Lipinski definition) is 8. The van der Waals surface area contributed by atoms with Gasteiger partial charge in [0.25, 0.3) is 0 Å². The molecule has 11 heteroatoms. The molecule has 0 aromatic carbocycles. The molecule has 1 atom stereocenters. The highest BCUT2D eigenvalue weighted by Gasteiger charge is 2.52. The van der Waals surface area contributed by atoms with Gasteiger partial charge in [0.2, 0.25) is 11.9 Å². The molecule has 0 radical (unpaired) electrons. The number of likely N-dealkylation sites (tertiary alicyclic amines) is 1. The van der Waals surface area contributed by atoms with Gasteiger partial charge in [-0.05, 0) is 81.1 Å². The Morgan fingerprint density at radius 2 is 1.56 bits per heavy atom. The van der Waals surface area contributed by atoms with Gasteiger partial charge in [-0.15, -0.1) is 0 Å². The first kappa shape index (κ1) is 31.1. The number of aromatic nitrogens is 2. The molecule has 1 aromatic rings. The maximum atomic E-state index is 13.4. The molecule has 0 unspecified atom stereocenters. The molecule has 1 N–H and O–H groups in total. The molecule has 0 aliphatic carbocycles. The quantitative estimate of drug-likeness (QED) is 0.519. The Bertz CT molecular complexity index is 985. The maximum Gasteiger partial charge on any atom is 0.498 e. The molecule has 2 aliphatic rings. The summed E-state index contributed by atoms with van der Waals surface area (Å²) < 4.78 is 17.7. The summed E-state index contributed by atoms with van der Waals surface area (Å²) in [7, 11) is -0.506. The van der Waals surface area contributed by atoms with Crippen molar-refractivity contribution in [3.05, 3.63) is 12.4 Å². The fourth-order valence-corrected chi connectivity index (χ4v) is 4.89. The van der Waals surface area contributed by atoms with Crippen molar-refractivity contribution in [1.82, 2.24) is 20.2 Å². The second-order valence-electron chi connectivity index (χ2n) is 13.3. The van der Waals surface area contributed by atoms with Crippen molar-refractivity contribution in [2.45, 2.75) is 124 Å². The first-order valence-electron chi connectivity index (χ1n) is 14.2. The second-order valence-corrected chi connectivity index (χ2v) is 13.3. The zero-order valence-corrected chi connectivity index (χ0v) is 25.7. The summed E-state index contributed by atoms with van der Waals surface area (Å²) in [6.45, 7) is 22.8. The minimum atomic E-state index is -0.636. The molecule has 39 heavy (non-hydrogen) atoms. The normalized spacial score (nSPS) is 20.3. The molecule has 2 amide bonds. The molecule has 218 valence electrons. The second kappa shape index (κ2) is 11.6. The van der Waals surface area contributed by atoms with E-state index in [1.165, 1.54) is 0 Å². The number of alkyl carbamates (subject to hydrolysis) is 1. The molecule has 2 saturated heterocycles. The lowest BCUT2D eigenvalue weighted by Crippen LogP contribution is -2.56. The van der Waals surface area contributed by atoms with Crippen LogP contribution < -0.4 is 15.7 Å². The fourth-order valence-electron chi connectivity index (χ4n) is 4.89. The lowest BCUT2D eigenvalue weighted by molar-refractivity contribution is -0.135. The number of carbonyl (C=O) groups excluding carboxylic acids is 2. The van der Waals surface area contributed by atoms with Gasteiger partial charge in [-0.3, -0.25) is 4.79 Å². The van der Waals surface area contributed by atoms with Gasteiger partial charge in [0, 0.05) is 43.0 Å². The molecule has 0 saturated carbocycles. The van der Waals surface area contributed by atoms with Crippen molar-refractivity contribution in [3.63, 3.8) is 0 Å². The first-order valence-corrected chi connectivity index (χ1v) is 14.2. The van der Waals surface area contributed by atoms with Gasteiger partial charge in [-0.25, -0.2) is 14.8 Å². The topological polar surface area (TPSA) is 106 Å². The number of nitrogens with one attached hydrogen (secondary N) is 1. The van der Waals surface area contributed by atoms with E-state index in [1.54, 1.807) is 33.2 Å². The van der Waals surface area contributed by atoms with E-state index in [9.17, 15) is 9.59 Å². The van der Waals surface area contributed by atoms with E-state index in [2.05, 4.69) is 24.1 Å². The van der Waals surface area contributed by atoms with Crippen molar-refractivity contribution in [3.8, 4) is 0 Å². The van der Waals surface area contributed by atoms with Crippen LogP contribution >= 0.6 is 0 Å². The summed E-state index contributed by atoms with van der Waals surface area (Å²) in [5.74, 6) is 0.515. The third-order valence-electron chi connectivity index (χ3n) is 7.75. The van der Waals surface area contributed by atoms with Gasteiger partial charge in [-0.1, -0.05) is 13.8 Å². The van der Waals surface area contributed by atoms with Crippen LogP contribution in [0, 0.1) is 5.92 Å². The predicted molar refractivity (Wildman–Crippen MR) is 153 cm³/mol. The van der Waals surface area contributed by atoms with Crippen LogP contribution in [0.25, 0.3) is 0 Å². The van der Waals surface area contributed by atoms with Crippen LogP contribution in [0.1, 0.15) is 89.0 Å². The Balaban J connectivity index is 1.64. The monoisotopic (exact) mass is 545 g/mol. The Labute approximate surface area is 234 Å². The van der Waals surface area contributed by atoms with Crippen molar-refractivity contribution in [1.29, 1.82) is 0 Å². The van der Waals surface area contributed by atoms with E-state index in [4.69, 9.17) is 24.0 Å². The average molecular weight is 546 g/mol. The van der Waals surface area contributed by atoms with Gasteiger partial charge in [0.1, 0.15) is 11.6 Å². The number of nitrogens with zero attached hydrogens (tertiary/aromatic N) is 4. The van der Waals surface area contributed by atoms with Crippen LogP contribution in [0.2, 0.25) is 0 Å². The zero-order chi connectivity index (χ0) is 29.3. The molecule has 0 bridgehead atoms. The third kappa shape index (κ3) is 7.42. The van der Waals surface area contributed by atoms with Crippen LogP contribution in [-0.4, -0.2) is 82.0 Å². The number of ether oxygens (including phenoxy) is 1. The Morgan fingerprint density at radius 1 is 1.05 bits per heavy atom. The molecule has 1 aromatic heterocycles. The Kier molecular flexibility index (Phi) is 9.27. The highest BCUT2D eigenvalue weighted by Crippen LogP contribution is 2.36. The lowest BCUT2D eigenvalue weighted by Gasteiger charge is -2.41. The van der Waals surface area contributed by atoms with Gasteiger partial charge in [0.05, 0.1) is 11.2 Å². The van der Waals surface area contributed by atoms with Gasteiger partial charge >= 0.3 is 13.2 Å². The van der Waals surface area contributed by atoms with E-state index in [1.807, 2.05) is 46.4 Å². The summed E-state index contributed by atoms with van der Waals surface area (Å²) >= 11 is 0. The molecule has 2 fully saturated rings. The SMILES string of the molecule is CC(C)[C@H](NC(=O)OC(C)(C)C)C(=O)N1CCC(N(c2ncc(B3OC(C)(C)C(C)(C)O3)cn2)C(C)C)CC1. The fraction of sp³-hybridized carbons (Fsp3) is 0.786. The summed E-state index contributed by atoms with van der Waals surface area (Å²) in [6.07, 6.45) is 4.56. The predicted octanol–water partition coefficient (Wildman–Crippen LogP) is 3.53. The number of rotatable bonds is 7. The highest BCUT2D eigenvalue weighted by atomic mass is 16.7. The first-order chi connectivity index (χ1) is 17.9. The summed E-state index contributed by atoms with van der Waals surface area (Å²) in [5, 5.41) is 2.78. The van der Waals surface area contributed by atoms with E-state index >= 15 is 0 Å². The number of anilines is 1. The molecule has 2 aliphatic heterocycles. The van der Waals surface area contributed by atoms with Crippen LogP contribution in [0.3, 0.4) is 0 Å². The molecule has 3 heterocycles. The summed E-state index contributed by atoms with van der Waals surface area (Å²) in [5.41, 5.74) is -0.692. The highest BCUT2D eigenvalue weighted by molar-refractivity contribution is 6.61. The minimum Gasteiger partial charge on any atom is -0.444 e. The standard InChI is InChI=1S/C28H48BN5O5/c1-18(2)22(32-25(36)37-26(5,6)7)23(35)33-14-12-21(13-15-33)34(19(3)4)24-30-16-20(17-31-24)29-38-27(8,9)28(10,11)39-29/h16-19,21-22H,12-15H2,1-11H3,(H,32,36)/t22-/m0/s1. The number of hydrogen-bond donors (Lipinski definition) is 1. The van der Waals surface area contributed by atoms with Crippen LogP contribution in [-0.2, 0) is 18.8 Å². The molecule has 3 rings (SSSR count). The average Bonchev–Trinajstić information content (AvgIpc) is 3.03. The van der Waals surface area contributed by atoms with E-state index in [0.29, 0.717) is 19.0 Å².